The maximum atomic E-state index is 12.4. The number of hydrogen-bond donors (Lipinski definition) is 1. The Labute approximate surface area is 158 Å². The molecule has 1 fully saturated rings. The van der Waals surface area contributed by atoms with Crippen LogP contribution in [0, 0.1) is 0 Å². The molecule has 0 atom stereocenters. The van der Waals surface area contributed by atoms with Crippen molar-refractivity contribution in [1.29, 1.82) is 0 Å². The molecule has 0 saturated heterocycles. The molecule has 0 aromatic heterocycles. The van der Waals surface area contributed by atoms with Gasteiger partial charge < -0.3 is 19.5 Å². The molecule has 1 amide bonds. The molecule has 0 heterocycles. The van der Waals surface area contributed by atoms with E-state index in [1.54, 1.807) is 26.4 Å². The lowest BCUT2D eigenvalue weighted by Gasteiger charge is -2.15. The largest absolute Gasteiger partial charge is 0.493 e. The van der Waals surface area contributed by atoms with Crippen LogP contribution in [0.4, 0.5) is 0 Å². The molecule has 27 heavy (non-hydrogen) atoms. The predicted octanol–water partition coefficient (Wildman–Crippen LogP) is 2.59. The van der Waals surface area contributed by atoms with Crippen LogP contribution in [0.2, 0.25) is 0 Å². The second-order valence-electron chi connectivity index (χ2n) is 6.49. The Kier molecular flexibility index (Phi) is 5.64. The molecule has 6 nitrogen and oxygen atoms in total. The number of hydrogen-bond acceptors (Lipinski definition) is 5. The van der Waals surface area contributed by atoms with Gasteiger partial charge in [-0.05, 0) is 36.1 Å². The Balaban J connectivity index is 1.50. The van der Waals surface area contributed by atoms with Gasteiger partial charge in [-0.2, -0.15) is 0 Å². The van der Waals surface area contributed by atoms with Gasteiger partial charge in [-0.1, -0.05) is 36.4 Å². The molecule has 1 aliphatic rings. The van der Waals surface area contributed by atoms with Crippen molar-refractivity contribution < 1.29 is 23.8 Å². The van der Waals surface area contributed by atoms with Crippen molar-refractivity contribution in [3.05, 3.63) is 59.7 Å². The van der Waals surface area contributed by atoms with E-state index in [4.69, 9.17) is 14.2 Å². The summed E-state index contributed by atoms with van der Waals surface area (Å²) in [5, 5.41) is 2.74. The quantitative estimate of drug-likeness (QED) is 0.724. The van der Waals surface area contributed by atoms with Crippen LogP contribution >= 0.6 is 0 Å². The van der Waals surface area contributed by atoms with Gasteiger partial charge in [0.15, 0.2) is 18.1 Å². The fourth-order valence-corrected chi connectivity index (χ4v) is 3.00. The van der Waals surface area contributed by atoms with Crippen LogP contribution in [0.3, 0.4) is 0 Å². The first-order valence-corrected chi connectivity index (χ1v) is 8.79. The number of amides is 1. The molecule has 2 aromatic carbocycles. The minimum absolute atomic E-state index is 0.291. The van der Waals surface area contributed by atoms with E-state index in [-0.39, 0.29) is 18.5 Å². The molecule has 0 unspecified atom stereocenters. The first-order chi connectivity index (χ1) is 13.1. The lowest BCUT2D eigenvalue weighted by Crippen LogP contribution is -2.31. The van der Waals surface area contributed by atoms with Gasteiger partial charge in [-0.25, -0.2) is 0 Å². The highest BCUT2D eigenvalue weighted by Crippen LogP contribution is 2.49. The molecular formula is C21H23NO5. The molecule has 0 spiro atoms. The summed E-state index contributed by atoms with van der Waals surface area (Å²) in [6.45, 7) is 0.0152. The summed E-state index contributed by atoms with van der Waals surface area (Å²) in [4.78, 5) is 24.5. The summed E-state index contributed by atoms with van der Waals surface area (Å²) in [6, 6.07) is 15.0. The lowest BCUT2D eigenvalue weighted by molar-refractivity contribution is -0.151. The van der Waals surface area contributed by atoms with Crippen molar-refractivity contribution in [2.24, 2.45) is 0 Å². The Morgan fingerprint density at radius 1 is 1.00 bits per heavy atom. The van der Waals surface area contributed by atoms with Crippen molar-refractivity contribution in [3.8, 4) is 11.5 Å². The van der Waals surface area contributed by atoms with Crippen molar-refractivity contribution >= 4 is 11.9 Å². The smallest absolute Gasteiger partial charge is 0.317 e. The van der Waals surface area contributed by atoms with Crippen LogP contribution in [0.15, 0.2) is 48.5 Å². The zero-order chi connectivity index (χ0) is 19.3. The molecule has 2 aromatic rings. The van der Waals surface area contributed by atoms with Crippen LogP contribution in [-0.4, -0.2) is 32.7 Å². The summed E-state index contributed by atoms with van der Waals surface area (Å²) in [5.74, 6) is 0.531. The normalized spacial score (nSPS) is 14.1. The standard InChI is InChI=1S/C21H23NO5/c1-25-17-9-8-15(12-18(17)26-2)13-22-19(23)14-27-20(24)21(10-11-21)16-6-4-3-5-7-16/h3-9,12H,10-11,13-14H2,1-2H3,(H,22,23). The Bertz CT molecular complexity index is 815. The van der Waals surface area contributed by atoms with Gasteiger partial charge in [0.1, 0.15) is 0 Å². The average Bonchev–Trinajstić information content (AvgIpc) is 3.53. The first kappa shape index (κ1) is 18.8. The Hall–Kier alpha value is -3.02. The first-order valence-electron chi connectivity index (χ1n) is 8.79. The second kappa shape index (κ2) is 8.12. The molecule has 1 saturated carbocycles. The minimum Gasteiger partial charge on any atom is -0.493 e. The minimum atomic E-state index is -0.578. The van der Waals surface area contributed by atoms with E-state index in [1.807, 2.05) is 36.4 Å². The third-order valence-corrected chi connectivity index (χ3v) is 4.74. The summed E-state index contributed by atoms with van der Waals surface area (Å²) in [7, 11) is 3.12. The van der Waals surface area contributed by atoms with Crippen LogP contribution in [0.25, 0.3) is 0 Å². The molecule has 6 heteroatoms. The third kappa shape index (κ3) is 4.22. The highest BCUT2D eigenvalue weighted by molar-refractivity contribution is 5.88. The van der Waals surface area contributed by atoms with E-state index in [2.05, 4.69) is 5.32 Å². The zero-order valence-corrected chi connectivity index (χ0v) is 15.5. The van der Waals surface area contributed by atoms with Crippen LogP contribution in [0.1, 0.15) is 24.0 Å². The number of ether oxygens (including phenoxy) is 3. The summed E-state index contributed by atoms with van der Waals surface area (Å²) >= 11 is 0. The number of carbonyl (C=O) groups is 2. The fourth-order valence-electron chi connectivity index (χ4n) is 3.00. The van der Waals surface area contributed by atoms with Gasteiger partial charge in [0.2, 0.25) is 0 Å². The SMILES string of the molecule is COc1ccc(CNC(=O)COC(=O)C2(c3ccccc3)CC2)cc1OC. The number of carbonyl (C=O) groups excluding carboxylic acids is 2. The lowest BCUT2D eigenvalue weighted by atomic mass is 9.96. The van der Waals surface area contributed by atoms with Crippen molar-refractivity contribution in [1.82, 2.24) is 5.32 Å². The van der Waals surface area contributed by atoms with Gasteiger partial charge in [0.05, 0.1) is 19.6 Å². The van der Waals surface area contributed by atoms with E-state index in [0.29, 0.717) is 18.0 Å². The van der Waals surface area contributed by atoms with Gasteiger partial charge >= 0.3 is 5.97 Å². The monoisotopic (exact) mass is 369 g/mol. The molecule has 1 aliphatic carbocycles. The predicted molar refractivity (Wildman–Crippen MR) is 99.7 cm³/mol. The Morgan fingerprint density at radius 2 is 1.70 bits per heavy atom. The number of methoxy groups -OCH3 is 2. The van der Waals surface area contributed by atoms with Gasteiger partial charge in [0.25, 0.3) is 5.91 Å². The molecule has 1 N–H and O–H groups in total. The topological polar surface area (TPSA) is 73.9 Å². The summed E-state index contributed by atoms with van der Waals surface area (Å²) in [5.41, 5.74) is 1.22. The van der Waals surface area contributed by atoms with E-state index in [1.165, 1.54) is 0 Å². The van der Waals surface area contributed by atoms with Crippen molar-refractivity contribution in [2.75, 3.05) is 20.8 Å². The molecular weight excluding hydrogens is 346 g/mol. The van der Waals surface area contributed by atoms with E-state index in [9.17, 15) is 9.59 Å². The Morgan fingerprint density at radius 3 is 2.33 bits per heavy atom. The average molecular weight is 369 g/mol. The van der Waals surface area contributed by atoms with Gasteiger partial charge in [0, 0.05) is 6.54 Å². The molecule has 0 bridgehead atoms. The maximum Gasteiger partial charge on any atom is 0.317 e. The van der Waals surface area contributed by atoms with E-state index in [0.717, 1.165) is 24.0 Å². The van der Waals surface area contributed by atoms with Gasteiger partial charge in [-0.15, -0.1) is 0 Å². The number of esters is 1. The van der Waals surface area contributed by atoms with Crippen LogP contribution < -0.4 is 14.8 Å². The van der Waals surface area contributed by atoms with Crippen molar-refractivity contribution in [3.63, 3.8) is 0 Å². The summed E-state index contributed by atoms with van der Waals surface area (Å²) in [6.07, 6.45) is 1.51. The zero-order valence-electron chi connectivity index (χ0n) is 15.5. The van der Waals surface area contributed by atoms with E-state index >= 15 is 0 Å². The van der Waals surface area contributed by atoms with Crippen molar-refractivity contribution in [2.45, 2.75) is 24.8 Å². The highest BCUT2D eigenvalue weighted by atomic mass is 16.5. The number of benzene rings is 2. The highest BCUT2D eigenvalue weighted by Gasteiger charge is 2.52. The number of rotatable bonds is 8. The molecule has 142 valence electrons. The molecule has 0 aliphatic heterocycles. The fraction of sp³-hybridized carbons (Fsp3) is 0.333. The summed E-state index contributed by atoms with van der Waals surface area (Å²) < 4.78 is 15.7. The molecule has 0 radical (unpaired) electrons. The van der Waals surface area contributed by atoms with Crippen LogP contribution in [-0.2, 0) is 26.3 Å². The van der Waals surface area contributed by atoms with E-state index < -0.39 is 5.41 Å². The number of nitrogens with one attached hydrogen (secondary N) is 1. The van der Waals surface area contributed by atoms with Crippen LogP contribution in [0.5, 0.6) is 11.5 Å². The maximum absolute atomic E-state index is 12.4. The third-order valence-electron chi connectivity index (χ3n) is 4.74. The van der Waals surface area contributed by atoms with Gasteiger partial charge in [-0.3, -0.25) is 9.59 Å². The second-order valence-corrected chi connectivity index (χ2v) is 6.49. The molecule has 3 rings (SSSR count).